The average Bonchev–Trinajstić information content (AvgIpc) is 2.32. The number of anilines is 1. The van der Waals surface area contributed by atoms with Crippen LogP contribution in [0.3, 0.4) is 0 Å². The van der Waals surface area contributed by atoms with Crippen LogP contribution < -0.4 is 5.32 Å². The molecule has 2 aromatic rings. The lowest BCUT2D eigenvalue weighted by Gasteiger charge is -2.07. The number of aryl methyl sites for hydroxylation is 2. The number of nitrogens with one attached hydrogen (secondary N) is 1. The molecule has 0 spiro atoms. The molecule has 0 fully saturated rings. The first-order valence-corrected chi connectivity index (χ1v) is 5.46. The van der Waals surface area contributed by atoms with Crippen LogP contribution in [0.2, 0.25) is 0 Å². The Morgan fingerprint density at radius 2 is 2.00 bits per heavy atom. The lowest BCUT2D eigenvalue weighted by molar-refractivity contribution is 1.12. The minimum absolute atomic E-state index is 0.840. The number of aromatic nitrogens is 1. The van der Waals surface area contributed by atoms with Crippen molar-refractivity contribution < 1.29 is 0 Å². The number of rotatable bonds is 3. The molecule has 0 aliphatic rings. The summed E-state index contributed by atoms with van der Waals surface area (Å²) in [6.07, 6.45) is 3.61. The zero-order valence-corrected chi connectivity index (χ0v) is 9.70. The van der Waals surface area contributed by atoms with Crippen LogP contribution in [0.4, 0.5) is 5.69 Å². The van der Waals surface area contributed by atoms with Gasteiger partial charge in [0, 0.05) is 18.9 Å². The third-order valence-electron chi connectivity index (χ3n) is 2.73. The monoisotopic (exact) mass is 212 g/mol. The molecule has 2 heteroatoms. The van der Waals surface area contributed by atoms with E-state index in [0.717, 1.165) is 12.2 Å². The number of nitrogens with zero attached hydrogens (tertiary/aromatic N) is 1. The highest BCUT2D eigenvalue weighted by Crippen LogP contribution is 2.11. The van der Waals surface area contributed by atoms with Crippen LogP contribution in [0.5, 0.6) is 0 Å². The molecule has 0 amide bonds. The topological polar surface area (TPSA) is 24.9 Å². The summed E-state index contributed by atoms with van der Waals surface area (Å²) in [5, 5.41) is 3.35. The van der Waals surface area contributed by atoms with Crippen molar-refractivity contribution in [3.05, 3.63) is 59.4 Å². The van der Waals surface area contributed by atoms with E-state index in [-0.39, 0.29) is 0 Å². The van der Waals surface area contributed by atoms with E-state index in [2.05, 4.69) is 42.3 Å². The molecule has 1 heterocycles. The van der Waals surface area contributed by atoms with Crippen LogP contribution in [-0.4, -0.2) is 4.98 Å². The lowest BCUT2D eigenvalue weighted by Crippen LogP contribution is -2.00. The number of hydrogen-bond acceptors (Lipinski definition) is 2. The second kappa shape index (κ2) is 4.79. The lowest BCUT2D eigenvalue weighted by atomic mass is 10.1. The summed E-state index contributed by atoms with van der Waals surface area (Å²) in [7, 11) is 0. The molecule has 82 valence electrons. The van der Waals surface area contributed by atoms with E-state index in [1.165, 1.54) is 16.7 Å². The van der Waals surface area contributed by atoms with Crippen molar-refractivity contribution >= 4 is 5.69 Å². The molecule has 1 N–H and O–H groups in total. The molecule has 0 saturated carbocycles. The highest BCUT2D eigenvalue weighted by atomic mass is 14.9. The first-order chi connectivity index (χ1) is 7.75. The van der Waals surface area contributed by atoms with Gasteiger partial charge in [-0.25, -0.2) is 0 Å². The van der Waals surface area contributed by atoms with Crippen LogP contribution in [0.25, 0.3) is 0 Å². The van der Waals surface area contributed by atoms with Gasteiger partial charge in [0.1, 0.15) is 0 Å². The Kier molecular flexibility index (Phi) is 3.20. The van der Waals surface area contributed by atoms with Crippen molar-refractivity contribution in [2.45, 2.75) is 20.4 Å². The first-order valence-electron chi connectivity index (χ1n) is 5.46. The summed E-state index contributed by atoms with van der Waals surface area (Å²) in [6.45, 7) is 5.11. The van der Waals surface area contributed by atoms with E-state index < -0.39 is 0 Å². The van der Waals surface area contributed by atoms with Crippen LogP contribution in [0, 0.1) is 13.8 Å². The fourth-order valence-electron chi connectivity index (χ4n) is 1.58. The second-order valence-corrected chi connectivity index (χ2v) is 4.01. The molecule has 1 aromatic carbocycles. The summed E-state index contributed by atoms with van der Waals surface area (Å²) in [5.41, 5.74) is 5.03. The molecule has 0 saturated heterocycles. The third-order valence-corrected chi connectivity index (χ3v) is 2.73. The molecule has 0 aliphatic carbocycles. The van der Waals surface area contributed by atoms with Gasteiger partial charge >= 0.3 is 0 Å². The quantitative estimate of drug-likeness (QED) is 0.844. The van der Waals surface area contributed by atoms with E-state index in [1.807, 2.05) is 18.3 Å². The van der Waals surface area contributed by atoms with E-state index >= 15 is 0 Å². The molecular weight excluding hydrogens is 196 g/mol. The van der Waals surface area contributed by atoms with Gasteiger partial charge < -0.3 is 5.32 Å². The van der Waals surface area contributed by atoms with Gasteiger partial charge in [-0.3, -0.25) is 4.98 Å². The Hall–Kier alpha value is -1.83. The predicted molar refractivity (Wildman–Crippen MR) is 67.5 cm³/mol. The van der Waals surface area contributed by atoms with Gasteiger partial charge in [-0.15, -0.1) is 0 Å². The number of pyridine rings is 1. The molecule has 2 nitrogen and oxygen atoms in total. The van der Waals surface area contributed by atoms with Gasteiger partial charge in [0.05, 0.1) is 5.69 Å². The molecule has 0 atom stereocenters. The van der Waals surface area contributed by atoms with E-state index in [0.29, 0.717) is 0 Å². The van der Waals surface area contributed by atoms with Gasteiger partial charge in [-0.1, -0.05) is 18.2 Å². The summed E-state index contributed by atoms with van der Waals surface area (Å²) in [5.74, 6) is 0. The third kappa shape index (κ3) is 2.60. The fraction of sp³-hybridized carbons (Fsp3) is 0.214. The first kappa shape index (κ1) is 10.7. The van der Waals surface area contributed by atoms with Crippen molar-refractivity contribution in [1.82, 2.24) is 4.98 Å². The smallest absolute Gasteiger partial charge is 0.0529 e. The standard InChI is InChI=1S/C14H16N2/c1-11-5-6-13(8-12(11)2)9-16-14-4-3-7-15-10-14/h3-8,10,16H,9H2,1-2H3. The van der Waals surface area contributed by atoms with Gasteiger partial charge in [0.25, 0.3) is 0 Å². The molecule has 1 aromatic heterocycles. The Morgan fingerprint density at radius 1 is 1.12 bits per heavy atom. The average molecular weight is 212 g/mol. The minimum Gasteiger partial charge on any atom is -0.380 e. The molecule has 0 unspecified atom stereocenters. The van der Waals surface area contributed by atoms with Gasteiger partial charge in [0.15, 0.2) is 0 Å². The van der Waals surface area contributed by atoms with E-state index in [9.17, 15) is 0 Å². The minimum atomic E-state index is 0.840. The highest BCUT2D eigenvalue weighted by Gasteiger charge is 1.96. The summed E-state index contributed by atoms with van der Waals surface area (Å²) in [4.78, 5) is 4.07. The van der Waals surface area contributed by atoms with Gasteiger partial charge in [-0.05, 0) is 42.7 Å². The maximum Gasteiger partial charge on any atom is 0.0529 e. The van der Waals surface area contributed by atoms with Crippen molar-refractivity contribution in [3.63, 3.8) is 0 Å². The van der Waals surface area contributed by atoms with Crippen molar-refractivity contribution in [1.29, 1.82) is 0 Å². The normalized spacial score (nSPS) is 10.1. The Balaban J connectivity index is 2.03. The van der Waals surface area contributed by atoms with Crippen LogP contribution in [0.1, 0.15) is 16.7 Å². The molecule has 0 radical (unpaired) electrons. The molecule has 16 heavy (non-hydrogen) atoms. The summed E-state index contributed by atoms with van der Waals surface area (Å²) >= 11 is 0. The van der Waals surface area contributed by atoms with E-state index in [4.69, 9.17) is 0 Å². The molecule has 2 rings (SSSR count). The molecule has 0 bridgehead atoms. The maximum absolute atomic E-state index is 4.07. The summed E-state index contributed by atoms with van der Waals surface area (Å²) in [6, 6.07) is 10.5. The van der Waals surface area contributed by atoms with Crippen LogP contribution >= 0.6 is 0 Å². The Morgan fingerprint density at radius 3 is 2.69 bits per heavy atom. The largest absolute Gasteiger partial charge is 0.380 e. The van der Waals surface area contributed by atoms with E-state index in [1.54, 1.807) is 6.20 Å². The molecule has 0 aliphatic heterocycles. The summed E-state index contributed by atoms with van der Waals surface area (Å²) < 4.78 is 0. The van der Waals surface area contributed by atoms with Gasteiger partial charge in [-0.2, -0.15) is 0 Å². The fourth-order valence-corrected chi connectivity index (χ4v) is 1.58. The zero-order chi connectivity index (χ0) is 11.4. The van der Waals surface area contributed by atoms with Gasteiger partial charge in [0.2, 0.25) is 0 Å². The van der Waals surface area contributed by atoms with Crippen molar-refractivity contribution in [3.8, 4) is 0 Å². The van der Waals surface area contributed by atoms with Crippen LogP contribution in [0.15, 0.2) is 42.7 Å². The predicted octanol–water partition coefficient (Wildman–Crippen LogP) is 3.31. The van der Waals surface area contributed by atoms with Crippen LogP contribution in [-0.2, 0) is 6.54 Å². The Labute approximate surface area is 96.4 Å². The zero-order valence-electron chi connectivity index (χ0n) is 9.70. The Bertz CT molecular complexity index is 463. The SMILES string of the molecule is Cc1ccc(CNc2cccnc2)cc1C. The molecular formula is C14H16N2. The van der Waals surface area contributed by atoms with Crippen molar-refractivity contribution in [2.24, 2.45) is 0 Å². The second-order valence-electron chi connectivity index (χ2n) is 4.01. The van der Waals surface area contributed by atoms with Crippen molar-refractivity contribution in [2.75, 3.05) is 5.32 Å². The number of benzene rings is 1. The maximum atomic E-state index is 4.07. The number of hydrogen-bond donors (Lipinski definition) is 1. The highest BCUT2D eigenvalue weighted by molar-refractivity contribution is 5.41.